The summed E-state index contributed by atoms with van der Waals surface area (Å²) in [6.45, 7) is 4.68. The summed E-state index contributed by atoms with van der Waals surface area (Å²) in [5, 5.41) is 0.975. The third-order valence-electron chi connectivity index (χ3n) is 4.74. The summed E-state index contributed by atoms with van der Waals surface area (Å²) >= 11 is 12.3. The maximum absolute atomic E-state index is 12.9. The molecule has 0 bridgehead atoms. The van der Waals surface area contributed by atoms with Crippen LogP contribution in [0.25, 0.3) is 0 Å². The summed E-state index contributed by atoms with van der Waals surface area (Å²) in [5.74, 6) is 0.151. The Labute approximate surface area is 159 Å². The Morgan fingerprint density at radius 2 is 2.04 bits per heavy atom. The molecule has 0 radical (unpaired) electrons. The number of rotatable bonds is 6. The molecule has 25 heavy (non-hydrogen) atoms. The molecule has 1 aliphatic rings. The Hall–Kier alpha value is -0.820. The van der Waals surface area contributed by atoms with Crippen LogP contribution in [0.3, 0.4) is 0 Å². The molecule has 1 fully saturated rings. The number of amides is 1. The first kappa shape index (κ1) is 20.5. The molecule has 8 heteroatoms. The lowest BCUT2D eigenvalue weighted by molar-refractivity contribution is -0.137. The maximum Gasteiger partial charge on any atom is 0.239 e. The van der Waals surface area contributed by atoms with Crippen molar-refractivity contribution in [2.24, 2.45) is 0 Å². The zero-order valence-electron chi connectivity index (χ0n) is 14.7. The van der Waals surface area contributed by atoms with E-state index in [1.54, 1.807) is 11.0 Å². The second-order valence-corrected chi connectivity index (χ2v) is 9.50. The quantitative estimate of drug-likeness (QED) is 0.728. The van der Waals surface area contributed by atoms with Crippen LogP contribution < -0.4 is 0 Å². The van der Waals surface area contributed by atoms with Crippen molar-refractivity contribution in [3.63, 3.8) is 0 Å². The summed E-state index contributed by atoms with van der Waals surface area (Å²) in [7, 11) is -1.18. The molecule has 0 N–H and O–H groups in total. The second kappa shape index (κ2) is 8.25. The molecule has 2 atom stereocenters. The number of benzene rings is 1. The first-order valence-corrected chi connectivity index (χ1v) is 10.9. The molecule has 1 aromatic carbocycles. The molecule has 1 aromatic rings. The second-order valence-electron chi connectivity index (χ2n) is 6.49. The molecule has 1 heterocycles. The number of carbonyl (C=O) groups is 1. The van der Waals surface area contributed by atoms with Crippen molar-refractivity contribution in [3.8, 4) is 0 Å². The molecular formula is C17H24Cl2N2O3S. The van der Waals surface area contributed by atoms with E-state index in [0.717, 1.165) is 5.56 Å². The number of carbonyl (C=O) groups excluding carboxylic acids is 1. The van der Waals surface area contributed by atoms with Gasteiger partial charge < -0.3 is 4.90 Å². The Kier molecular flexibility index (Phi) is 6.76. The average molecular weight is 407 g/mol. The highest BCUT2D eigenvalue weighted by atomic mass is 35.5. The molecule has 0 saturated carbocycles. The van der Waals surface area contributed by atoms with Crippen molar-refractivity contribution < 1.29 is 13.2 Å². The largest absolute Gasteiger partial charge is 0.338 e. The first-order chi connectivity index (χ1) is 11.7. The van der Waals surface area contributed by atoms with E-state index >= 15 is 0 Å². The smallest absolute Gasteiger partial charge is 0.239 e. The Morgan fingerprint density at radius 3 is 2.60 bits per heavy atom. The van der Waals surface area contributed by atoms with Crippen LogP contribution in [0.1, 0.15) is 25.8 Å². The summed E-state index contributed by atoms with van der Waals surface area (Å²) in [5.41, 5.74) is 0.850. The number of hydrogen-bond acceptors (Lipinski definition) is 4. The lowest BCUT2D eigenvalue weighted by Gasteiger charge is -2.33. The van der Waals surface area contributed by atoms with Crippen LogP contribution in [0.15, 0.2) is 18.2 Å². The van der Waals surface area contributed by atoms with E-state index in [0.29, 0.717) is 29.6 Å². The molecular weight excluding hydrogens is 383 g/mol. The van der Waals surface area contributed by atoms with Gasteiger partial charge in [-0.25, -0.2) is 8.42 Å². The van der Waals surface area contributed by atoms with Gasteiger partial charge in [0.15, 0.2) is 9.84 Å². The fourth-order valence-corrected chi connectivity index (χ4v) is 5.23. The van der Waals surface area contributed by atoms with Gasteiger partial charge in [-0.1, -0.05) is 35.3 Å². The number of nitrogens with zero attached hydrogens (tertiary/aromatic N) is 2. The van der Waals surface area contributed by atoms with Gasteiger partial charge in [0.05, 0.1) is 27.6 Å². The minimum absolute atomic E-state index is 0.0587. The third-order valence-corrected chi connectivity index (χ3v) is 7.35. The van der Waals surface area contributed by atoms with Crippen LogP contribution in [-0.4, -0.2) is 61.3 Å². The molecule has 0 unspecified atom stereocenters. The highest BCUT2D eigenvalue weighted by Gasteiger charge is 2.36. The molecule has 140 valence electrons. The van der Waals surface area contributed by atoms with Crippen LogP contribution >= 0.6 is 23.2 Å². The molecule has 2 rings (SSSR count). The highest BCUT2D eigenvalue weighted by molar-refractivity contribution is 7.91. The van der Waals surface area contributed by atoms with Crippen LogP contribution in [0.5, 0.6) is 0 Å². The normalized spacial score (nSPS) is 20.6. The van der Waals surface area contributed by atoms with Gasteiger partial charge in [0.2, 0.25) is 5.91 Å². The van der Waals surface area contributed by atoms with Gasteiger partial charge in [-0.05, 0) is 38.9 Å². The monoisotopic (exact) mass is 406 g/mol. The van der Waals surface area contributed by atoms with E-state index in [4.69, 9.17) is 23.2 Å². The summed E-state index contributed by atoms with van der Waals surface area (Å²) in [6, 6.07) is 4.81. The summed E-state index contributed by atoms with van der Waals surface area (Å²) in [6.07, 6.45) is 0.512. The van der Waals surface area contributed by atoms with E-state index in [1.807, 2.05) is 37.9 Å². The van der Waals surface area contributed by atoms with Crippen LogP contribution in [-0.2, 0) is 21.2 Å². The molecule has 1 saturated heterocycles. The average Bonchev–Trinajstić information content (AvgIpc) is 2.91. The number of hydrogen-bond donors (Lipinski definition) is 0. The first-order valence-electron chi connectivity index (χ1n) is 8.30. The predicted molar refractivity (Wildman–Crippen MR) is 102 cm³/mol. The van der Waals surface area contributed by atoms with Crippen LogP contribution in [0.2, 0.25) is 10.0 Å². The lowest BCUT2D eigenvalue weighted by Crippen LogP contribution is -2.49. The van der Waals surface area contributed by atoms with E-state index in [9.17, 15) is 13.2 Å². The third kappa shape index (κ3) is 4.88. The van der Waals surface area contributed by atoms with Crippen molar-refractivity contribution in [3.05, 3.63) is 33.8 Å². The van der Waals surface area contributed by atoms with Gasteiger partial charge in [0.25, 0.3) is 0 Å². The van der Waals surface area contributed by atoms with Gasteiger partial charge in [0, 0.05) is 19.1 Å². The summed E-state index contributed by atoms with van der Waals surface area (Å²) < 4.78 is 23.4. The van der Waals surface area contributed by atoms with Gasteiger partial charge in [0.1, 0.15) is 0 Å². The van der Waals surface area contributed by atoms with Crippen molar-refractivity contribution in [1.82, 2.24) is 9.80 Å². The minimum Gasteiger partial charge on any atom is -0.338 e. The van der Waals surface area contributed by atoms with Crippen molar-refractivity contribution in [2.45, 2.75) is 38.9 Å². The SMILES string of the molecule is CCN(C(=O)[C@@H](C)N(C)Cc1cccc(Cl)c1Cl)[C@H]1CCS(=O)(=O)C1. The molecule has 1 amide bonds. The molecule has 1 aliphatic heterocycles. The van der Waals surface area contributed by atoms with Crippen LogP contribution in [0, 0.1) is 0 Å². The number of halogens is 2. The Bertz CT molecular complexity index is 739. The van der Waals surface area contributed by atoms with Gasteiger partial charge in [-0.15, -0.1) is 0 Å². The molecule has 0 aromatic heterocycles. The predicted octanol–water partition coefficient (Wildman–Crippen LogP) is 2.85. The van der Waals surface area contributed by atoms with Crippen molar-refractivity contribution >= 4 is 38.9 Å². The lowest BCUT2D eigenvalue weighted by atomic mass is 10.1. The maximum atomic E-state index is 12.9. The Morgan fingerprint density at radius 1 is 1.36 bits per heavy atom. The topological polar surface area (TPSA) is 57.7 Å². The molecule has 5 nitrogen and oxygen atoms in total. The molecule has 0 spiro atoms. The van der Waals surface area contributed by atoms with Crippen molar-refractivity contribution in [1.29, 1.82) is 0 Å². The summed E-state index contributed by atoms with van der Waals surface area (Å²) in [4.78, 5) is 16.5. The molecule has 0 aliphatic carbocycles. The highest BCUT2D eigenvalue weighted by Crippen LogP contribution is 2.27. The number of likely N-dealkylation sites (N-methyl/N-ethyl adjacent to an activating group) is 2. The minimum atomic E-state index is -3.03. The van der Waals surface area contributed by atoms with Gasteiger partial charge in [-0.3, -0.25) is 9.69 Å². The van der Waals surface area contributed by atoms with E-state index < -0.39 is 15.9 Å². The Balaban J connectivity index is 2.08. The fraction of sp³-hybridized carbons (Fsp3) is 0.588. The van der Waals surface area contributed by atoms with Crippen molar-refractivity contribution in [2.75, 3.05) is 25.1 Å². The zero-order chi connectivity index (χ0) is 18.8. The number of sulfone groups is 1. The van der Waals surface area contributed by atoms with E-state index in [-0.39, 0.29) is 23.5 Å². The van der Waals surface area contributed by atoms with E-state index in [1.165, 1.54) is 0 Å². The van der Waals surface area contributed by atoms with Gasteiger partial charge in [-0.2, -0.15) is 0 Å². The fourth-order valence-electron chi connectivity index (χ4n) is 3.12. The van der Waals surface area contributed by atoms with Gasteiger partial charge >= 0.3 is 0 Å². The van der Waals surface area contributed by atoms with E-state index in [2.05, 4.69) is 0 Å². The zero-order valence-corrected chi connectivity index (χ0v) is 17.0. The standard InChI is InChI=1S/C17H24Cl2N2O3S/c1-4-21(14-8-9-25(23,24)11-14)17(22)12(2)20(3)10-13-6-5-7-15(18)16(13)19/h5-7,12,14H,4,8-11H2,1-3H3/t12-,14+/m1/s1. The van der Waals surface area contributed by atoms with Crippen LogP contribution in [0.4, 0.5) is 0 Å².